The Morgan fingerprint density at radius 3 is 2.20 bits per heavy atom. The van der Waals surface area contributed by atoms with Crippen LogP contribution in [-0.4, -0.2) is 12.6 Å². The lowest BCUT2D eigenvalue weighted by atomic mass is 10.0. The average molecular weight is 288 g/mol. The fourth-order valence-corrected chi connectivity index (χ4v) is 2.01. The van der Waals surface area contributed by atoms with Crippen molar-refractivity contribution < 1.29 is 13.2 Å². The van der Waals surface area contributed by atoms with Gasteiger partial charge in [-0.2, -0.15) is 13.2 Å². The molecular weight excluding hydrogens is 265 g/mol. The number of halogens is 3. The van der Waals surface area contributed by atoms with Crippen LogP contribution in [0.25, 0.3) is 0 Å². The summed E-state index contributed by atoms with van der Waals surface area (Å²) in [6.07, 6.45) is -0.804. The molecule has 1 aromatic rings. The Morgan fingerprint density at radius 2 is 1.90 bits per heavy atom. The summed E-state index contributed by atoms with van der Waals surface area (Å²) >= 11 is 0. The van der Waals surface area contributed by atoms with Crippen LogP contribution in [0.3, 0.4) is 0 Å². The maximum Gasteiger partial charge on any atom is 0.416 e. The van der Waals surface area contributed by atoms with Crippen LogP contribution in [0.4, 0.5) is 13.2 Å². The maximum atomic E-state index is 12.2. The molecule has 0 radical (unpaired) electrons. The van der Waals surface area contributed by atoms with Gasteiger partial charge in [0.15, 0.2) is 0 Å². The van der Waals surface area contributed by atoms with Gasteiger partial charge in [-0.05, 0) is 50.4 Å². The first-order valence-corrected chi connectivity index (χ1v) is 7.00. The third-order valence-electron chi connectivity index (χ3n) is 3.41. The van der Waals surface area contributed by atoms with E-state index in [1.165, 1.54) is 31.5 Å². The average Bonchev–Trinajstić information content (AvgIpc) is 2.89. The minimum absolute atomic E-state index is 0.183. The lowest BCUT2D eigenvalue weighted by Crippen LogP contribution is -2.16. The highest BCUT2D eigenvalue weighted by molar-refractivity contribution is 5.26. The lowest BCUT2D eigenvalue weighted by Gasteiger charge is -2.11. The minimum Gasteiger partial charge on any atom is -0.324 e. The summed E-state index contributed by atoms with van der Waals surface area (Å²) in [4.78, 5) is 0. The van der Waals surface area contributed by atoms with Crippen LogP contribution in [0.15, 0.2) is 24.3 Å². The largest absolute Gasteiger partial charge is 0.416 e. The number of hydrogen-bond donors (Lipinski definition) is 2. The van der Waals surface area contributed by atoms with Gasteiger partial charge in [-0.15, -0.1) is 0 Å². The Morgan fingerprint density at radius 1 is 1.30 bits per heavy atom. The molecule has 1 unspecified atom stereocenters. The number of benzene rings is 1. The zero-order valence-corrected chi connectivity index (χ0v) is 12.0. The van der Waals surface area contributed by atoms with Crippen LogP contribution < -0.4 is 11.1 Å². The summed E-state index contributed by atoms with van der Waals surface area (Å²) in [6.45, 7) is 5.36. The molecule has 3 N–H and O–H groups in total. The van der Waals surface area contributed by atoms with Crippen LogP contribution >= 0.6 is 0 Å². The molecule has 2 rings (SSSR count). The number of alkyl halides is 3. The van der Waals surface area contributed by atoms with Crippen molar-refractivity contribution in [2.75, 3.05) is 6.54 Å². The Hall–Kier alpha value is -1.07. The van der Waals surface area contributed by atoms with Crippen LogP contribution in [0, 0.1) is 0 Å². The molecule has 114 valence electrons. The molecule has 1 aliphatic rings. The molecule has 0 aliphatic carbocycles. The summed E-state index contributed by atoms with van der Waals surface area (Å²) in [5, 5.41) is 3.32. The van der Waals surface area contributed by atoms with E-state index in [4.69, 9.17) is 5.73 Å². The smallest absolute Gasteiger partial charge is 0.324 e. The molecule has 0 amide bonds. The van der Waals surface area contributed by atoms with Gasteiger partial charge in [0.1, 0.15) is 0 Å². The zero-order valence-electron chi connectivity index (χ0n) is 12.0. The van der Waals surface area contributed by atoms with E-state index < -0.39 is 11.7 Å². The van der Waals surface area contributed by atoms with Crippen molar-refractivity contribution in [3.8, 4) is 0 Å². The molecule has 20 heavy (non-hydrogen) atoms. The van der Waals surface area contributed by atoms with Gasteiger partial charge in [0.05, 0.1) is 5.56 Å². The van der Waals surface area contributed by atoms with E-state index in [-0.39, 0.29) is 6.04 Å². The first kappa shape index (κ1) is 17.0. The van der Waals surface area contributed by atoms with Gasteiger partial charge in [0.25, 0.3) is 0 Å². The van der Waals surface area contributed by atoms with Crippen LogP contribution in [0.1, 0.15) is 50.3 Å². The molecule has 1 fully saturated rings. The second kappa shape index (κ2) is 7.64. The van der Waals surface area contributed by atoms with Gasteiger partial charge in [0, 0.05) is 12.1 Å². The van der Waals surface area contributed by atoms with Crippen molar-refractivity contribution >= 4 is 0 Å². The second-order valence-electron chi connectivity index (χ2n) is 5.13. The summed E-state index contributed by atoms with van der Waals surface area (Å²) in [6, 6.07) is 5.59. The van der Waals surface area contributed by atoms with Gasteiger partial charge in [-0.1, -0.05) is 19.1 Å². The fraction of sp³-hybridized carbons (Fsp3) is 0.600. The van der Waals surface area contributed by atoms with E-state index in [1.54, 1.807) is 0 Å². The van der Waals surface area contributed by atoms with Crippen LogP contribution in [0.5, 0.6) is 0 Å². The van der Waals surface area contributed by atoms with Gasteiger partial charge >= 0.3 is 6.18 Å². The van der Waals surface area contributed by atoms with E-state index in [0.29, 0.717) is 6.42 Å². The van der Waals surface area contributed by atoms with Crippen molar-refractivity contribution in [2.45, 2.75) is 51.4 Å². The van der Waals surface area contributed by atoms with Crippen molar-refractivity contribution in [1.82, 2.24) is 5.32 Å². The van der Waals surface area contributed by atoms with Crippen molar-refractivity contribution in [3.05, 3.63) is 35.4 Å². The molecule has 1 heterocycles. The molecule has 0 bridgehead atoms. The normalized spacial score (nSPS) is 20.2. The molecule has 1 aromatic carbocycles. The van der Waals surface area contributed by atoms with E-state index in [1.807, 2.05) is 6.92 Å². The summed E-state index contributed by atoms with van der Waals surface area (Å²) in [5.74, 6) is 0. The highest BCUT2D eigenvalue weighted by Crippen LogP contribution is 2.29. The number of rotatable bonds is 2. The highest BCUT2D eigenvalue weighted by Gasteiger charge is 2.30. The Bertz CT molecular complexity index is 381. The highest BCUT2D eigenvalue weighted by atomic mass is 19.4. The minimum atomic E-state index is -4.27. The van der Waals surface area contributed by atoms with E-state index >= 15 is 0 Å². The van der Waals surface area contributed by atoms with Gasteiger partial charge in [0.2, 0.25) is 0 Å². The monoisotopic (exact) mass is 288 g/mol. The third-order valence-corrected chi connectivity index (χ3v) is 3.41. The van der Waals surface area contributed by atoms with Crippen molar-refractivity contribution in [1.29, 1.82) is 0 Å². The van der Waals surface area contributed by atoms with Crippen molar-refractivity contribution in [3.63, 3.8) is 0 Å². The zero-order chi connectivity index (χ0) is 15.2. The molecular formula is C15H23F3N2. The molecule has 2 nitrogen and oxygen atoms in total. The molecule has 2 atom stereocenters. The number of hydrogen-bond acceptors (Lipinski definition) is 2. The molecule has 0 aromatic heterocycles. The summed E-state index contributed by atoms with van der Waals surface area (Å²) < 4.78 is 36.5. The van der Waals surface area contributed by atoms with Gasteiger partial charge < -0.3 is 11.1 Å². The SMILES string of the molecule is CC1CCCN1.CC[C@@H](N)c1ccc(C(F)(F)F)cc1. The van der Waals surface area contributed by atoms with Crippen LogP contribution in [0.2, 0.25) is 0 Å². The second-order valence-corrected chi connectivity index (χ2v) is 5.13. The van der Waals surface area contributed by atoms with E-state index in [2.05, 4.69) is 12.2 Å². The van der Waals surface area contributed by atoms with Crippen molar-refractivity contribution in [2.24, 2.45) is 5.73 Å². The first-order valence-electron chi connectivity index (χ1n) is 7.00. The number of nitrogens with one attached hydrogen (secondary N) is 1. The standard InChI is InChI=1S/C10H12F3N.C5H11N/c1-2-9(14)7-3-5-8(6-4-7)10(11,12)13;1-5-3-2-4-6-5/h3-6,9H,2,14H2,1H3;5-6H,2-4H2,1H3/t9-;/m1./s1. The first-order chi connectivity index (χ1) is 9.34. The van der Waals surface area contributed by atoms with Gasteiger partial charge in [-0.3, -0.25) is 0 Å². The van der Waals surface area contributed by atoms with Crippen LogP contribution in [-0.2, 0) is 6.18 Å². The van der Waals surface area contributed by atoms with Gasteiger partial charge in [-0.25, -0.2) is 0 Å². The lowest BCUT2D eigenvalue weighted by molar-refractivity contribution is -0.137. The Labute approximate surface area is 118 Å². The predicted molar refractivity (Wildman–Crippen MR) is 75.4 cm³/mol. The quantitative estimate of drug-likeness (QED) is 0.867. The predicted octanol–water partition coefficient (Wildman–Crippen LogP) is 3.87. The molecule has 0 saturated carbocycles. The molecule has 1 aliphatic heterocycles. The Kier molecular flexibility index (Phi) is 6.49. The maximum absolute atomic E-state index is 12.2. The van der Waals surface area contributed by atoms with E-state index in [9.17, 15) is 13.2 Å². The summed E-state index contributed by atoms with van der Waals surface area (Å²) in [5.41, 5.74) is 5.77. The Balaban J connectivity index is 0.000000276. The molecule has 1 saturated heterocycles. The fourth-order valence-electron chi connectivity index (χ4n) is 2.01. The molecule has 5 heteroatoms. The topological polar surface area (TPSA) is 38.0 Å². The molecule has 0 spiro atoms. The van der Waals surface area contributed by atoms with E-state index in [0.717, 1.165) is 23.7 Å². The third kappa shape index (κ3) is 5.51. The number of nitrogens with two attached hydrogens (primary N) is 1. The summed E-state index contributed by atoms with van der Waals surface area (Å²) in [7, 11) is 0.